The summed E-state index contributed by atoms with van der Waals surface area (Å²) < 4.78 is 6.31. The van der Waals surface area contributed by atoms with Crippen LogP contribution in [0.3, 0.4) is 0 Å². The largest absolute Gasteiger partial charge is 0.422 e. The number of carbonyl (C=O) groups is 2. The minimum atomic E-state index is -0.665. The average Bonchev–Trinajstić information content (AvgIpc) is 3.34. The zero-order chi connectivity index (χ0) is 29.1. The summed E-state index contributed by atoms with van der Waals surface area (Å²) in [7, 11) is 0. The minimum absolute atomic E-state index is 0.160. The molecule has 206 valence electrons. The Labute approximate surface area is 259 Å². The number of nitrogens with one attached hydrogen (secondary N) is 2. The van der Waals surface area contributed by atoms with E-state index in [2.05, 4.69) is 38.4 Å². The number of halogens is 4. The Kier molecular flexibility index (Phi) is 8.80. The van der Waals surface area contributed by atoms with Crippen molar-refractivity contribution in [3.8, 4) is 16.9 Å². The smallest absolute Gasteiger partial charge is 0.345 e. The molecule has 0 atom stereocenters. The summed E-state index contributed by atoms with van der Waals surface area (Å²) in [5.74, 6) is -0.907. The van der Waals surface area contributed by atoms with Crippen molar-refractivity contribution in [1.82, 2.24) is 10.4 Å². The van der Waals surface area contributed by atoms with Crippen molar-refractivity contribution in [1.29, 1.82) is 0 Å². The lowest BCUT2D eigenvalue weighted by atomic mass is 9.99. The van der Waals surface area contributed by atoms with Crippen molar-refractivity contribution < 1.29 is 14.3 Å². The van der Waals surface area contributed by atoms with Crippen LogP contribution in [0.1, 0.15) is 38.9 Å². The van der Waals surface area contributed by atoms with Crippen molar-refractivity contribution in [2.24, 2.45) is 5.10 Å². The Morgan fingerprint density at radius 1 is 0.976 bits per heavy atom. The third-order valence-corrected chi connectivity index (χ3v) is 7.74. The monoisotopic (exact) mass is 667 g/mol. The van der Waals surface area contributed by atoms with Gasteiger partial charge >= 0.3 is 5.97 Å². The van der Waals surface area contributed by atoms with Crippen LogP contribution in [0.15, 0.2) is 88.4 Å². The third-order valence-electron chi connectivity index (χ3n) is 6.37. The molecule has 0 aliphatic heterocycles. The number of hydrogen-bond acceptors (Lipinski definition) is 4. The molecule has 4 aromatic carbocycles. The van der Waals surface area contributed by atoms with Gasteiger partial charge in [0.1, 0.15) is 11.4 Å². The first kappa shape index (κ1) is 28.9. The van der Waals surface area contributed by atoms with Crippen molar-refractivity contribution >= 4 is 79.7 Å². The molecule has 1 amide bonds. The highest BCUT2D eigenvalue weighted by atomic mass is 79.9. The molecule has 0 bridgehead atoms. The highest BCUT2D eigenvalue weighted by Crippen LogP contribution is 2.37. The summed E-state index contributed by atoms with van der Waals surface area (Å²) in [5, 5.41) is 6.14. The van der Waals surface area contributed by atoms with Gasteiger partial charge in [-0.3, -0.25) is 4.79 Å². The van der Waals surface area contributed by atoms with Gasteiger partial charge in [0.25, 0.3) is 5.91 Å². The molecule has 2 N–H and O–H groups in total. The fraction of sp³-hybridized carbons (Fsp3) is 0.0645. The molecule has 5 rings (SSSR count). The molecule has 1 heterocycles. The zero-order valence-corrected chi connectivity index (χ0v) is 25.3. The Bertz CT molecular complexity index is 1830. The van der Waals surface area contributed by atoms with Gasteiger partial charge in [-0.25, -0.2) is 10.2 Å². The molecule has 0 saturated heterocycles. The van der Waals surface area contributed by atoms with Crippen molar-refractivity contribution in [3.05, 3.63) is 121 Å². The van der Waals surface area contributed by atoms with E-state index in [4.69, 9.17) is 39.5 Å². The van der Waals surface area contributed by atoms with Crippen LogP contribution in [0.25, 0.3) is 22.0 Å². The van der Waals surface area contributed by atoms with E-state index in [0.29, 0.717) is 26.9 Å². The number of amides is 1. The van der Waals surface area contributed by atoms with E-state index in [-0.39, 0.29) is 16.3 Å². The van der Waals surface area contributed by atoms with E-state index < -0.39 is 11.9 Å². The first-order valence-electron chi connectivity index (χ1n) is 12.5. The number of H-pyrrole nitrogens is 1. The SMILES string of the molecule is CCc1cccc2c(-c3ccccc3Cl)c(C(=O)NN=Cc3cc(Br)ccc3OC(=O)c3ccc(Cl)cc3Cl)[nH]c12. The number of benzene rings is 4. The number of nitrogens with zero attached hydrogens (tertiary/aromatic N) is 1. The number of ether oxygens (including phenoxy) is 1. The number of aromatic nitrogens is 1. The molecule has 10 heteroatoms. The lowest BCUT2D eigenvalue weighted by Gasteiger charge is -2.09. The Hall–Kier alpha value is -3.62. The van der Waals surface area contributed by atoms with Gasteiger partial charge in [-0.2, -0.15) is 5.10 Å². The molecule has 0 aliphatic rings. The molecule has 1 aromatic heterocycles. The molecule has 0 radical (unpaired) electrons. The molecule has 0 unspecified atom stereocenters. The molecular weight excluding hydrogens is 649 g/mol. The summed E-state index contributed by atoms with van der Waals surface area (Å²) in [6.07, 6.45) is 2.18. The lowest BCUT2D eigenvalue weighted by molar-refractivity contribution is 0.0734. The number of esters is 1. The molecule has 41 heavy (non-hydrogen) atoms. The molecule has 0 aliphatic carbocycles. The number of hydrazone groups is 1. The molecule has 5 aromatic rings. The first-order chi connectivity index (χ1) is 19.8. The van der Waals surface area contributed by atoms with Crippen LogP contribution >= 0.6 is 50.7 Å². The zero-order valence-electron chi connectivity index (χ0n) is 21.5. The van der Waals surface area contributed by atoms with Gasteiger partial charge in [0.2, 0.25) is 0 Å². The second-order valence-corrected chi connectivity index (χ2v) is 11.1. The van der Waals surface area contributed by atoms with Crippen LogP contribution in [-0.2, 0) is 6.42 Å². The number of fused-ring (bicyclic) bond motifs is 1. The summed E-state index contributed by atoms with van der Waals surface area (Å²) in [6, 6.07) is 22.8. The maximum absolute atomic E-state index is 13.5. The van der Waals surface area contributed by atoms with E-state index in [1.165, 1.54) is 18.3 Å². The van der Waals surface area contributed by atoms with Crippen molar-refractivity contribution in [2.75, 3.05) is 0 Å². The van der Waals surface area contributed by atoms with Crippen LogP contribution in [0.4, 0.5) is 0 Å². The summed E-state index contributed by atoms with van der Waals surface area (Å²) in [4.78, 5) is 29.6. The second-order valence-electron chi connectivity index (χ2n) is 8.94. The summed E-state index contributed by atoms with van der Waals surface area (Å²) in [6.45, 7) is 2.05. The van der Waals surface area contributed by atoms with E-state index in [1.807, 2.05) is 36.4 Å². The quantitative estimate of drug-likeness (QED) is 0.0785. The molecular formula is C31H21BrCl3N3O3. The first-order valence-corrected chi connectivity index (χ1v) is 14.4. The normalized spacial score (nSPS) is 11.2. The van der Waals surface area contributed by atoms with Crippen LogP contribution in [0.5, 0.6) is 5.75 Å². The predicted octanol–water partition coefficient (Wildman–Crippen LogP) is 9.10. The molecule has 6 nitrogen and oxygen atoms in total. The van der Waals surface area contributed by atoms with Gasteiger partial charge in [-0.15, -0.1) is 0 Å². The lowest BCUT2D eigenvalue weighted by Crippen LogP contribution is -2.19. The van der Waals surface area contributed by atoms with Crippen LogP contribution in [-0.4, -0.2) is 23.1 Å². The van der Waals surface area contributed by atoms with Crippen LogP contribution in [0.2, 0.25) is 15.1 Å². The predicted molar refractivity (Wildman–Crippen MR) is 169 cm³/mol. The summed E-state index contributed by atoms with van der Waals surface area (Å²) >= 11 is 22.1. The molecule has 0 saturated carbocycles. The summed E-state index contributed by atoms with van der Waals surface area (Å²) in [5.41, 5.74) is 6.85. The van der Waals surface area contributed by atoms with E-state index in [1.54, 1.807) is 30.3 Å². The number of aromatic amines is 1. The third kappa shape index (κ3) is 6.19. The highest BCUT2D eigenvalue weighted by molar-refractivity contribution is 9.10. The number of rotatable bonds is 7. The maximum Gasteiger partial charge on any atom is 0.345 e. The fourth-order valence-electron chi connectivity index (χ4n) is 4.43. The van der Waals surface area contributed by atoms with Crippen molar-refractivity contribution in [2.45, 2.75) is 13.3 Å². The standard InChI is InChI=1S/C31H21BrCl3N3O3/c1-2-17-6-5-8-23-27(21-7-3-4-9-24(21)34)29(37-28(17)23)30(39)38-36-16-18-14-19(32)10-13-26(18)41-31(40)22-12-11-20(33)15-25(22)35/h3-16,37H,2H2,1H3,(H,38,39). The fourth-order valence-corrected chi connectivity index (χ4v) is 5.52. The van der Waals surface area contributed by atoms with E-state index in [9.17, 15) is 9.59 Å². The van der Waals surface area contributed by atoms with Gasteiger partial charge in [0.15, 0.2) is 0 Å². The molecule has 0 spiro atoms. The topological polar surface area (TPSA) is 83.5 Å². The number of carbonyl (C=O) groups excluding carboxylic acids is 2. The van der Waals surface area contributed by atoms with Crippen molar-refractivity contribution in [3.63, 3.8) is 0 Å². The maximum atomic E-state index is 13.5. The minimum Gasteiger partial charge on any atom is -0.422 e. The van der Waals surface area contributed by atoms with Gasteiger partial charge in [-0.05, 0) is 54.4 Å². The van der Waals surface area contributed by atoms with E-state index in [0.717, 1.165) is 32.9 Å². The van der Waals surface area contributed by atoms with Gasteiger partial charge < -0.3 is 9.72 Å². The van der Waals surface area contributed by atoms with Gasteiger partial charge in [0, 0.05) is 42.1 Å². The Morgan fingerprint density at radius 3 is 2.54 bits per heavy atom. The van der Waals surface area contributed by atoms with Gasteiger partial charge in [-0.1, -0.05) is 94.1 Å². The Balaban J connectivity index is 1.45. The number of hydrogen-bond donors (Lipinski definition) is 2. The van der Waals surface area contributed by atoms with Crippen LogP contribution in [0, 0.1) is 0 Å². The number of aryl methyl sites for hydroxylation is 1. The van der Waals surface area contributed by atoms with Gasteiger partial charge in [0.05, 0.1) is 16.8 Å². The van der Waals surface area contributed by atoms with Crippen LogP contribution < -0.4 is 10.2 Å². The number of para-hydroxylation sites is 1. The Morgan fingerprint density at radius 2 is 1.78 bits per heavy atom. The van der Waals surface area contributed by atoms with E-state index >= 15 is 0 Å². The second kappa shape index (κ2) is 12.5. The average molecular weight is 670 g/mol. The highest BCUT2D eigenvalue weighted by Gasteiger charge is 2.22. The molecule has 0 fully saturated rings.